The summed E-state index contributed by atoms with van der Waals surface area (Å²) in [5, 5.41) is 0. The van der Waals surface area contributed by atoms with Crippen LogP contribution in [0, 0.1) is 0 Å². The summed E-state index contributed by atoms with van der Waals surface area (Å²) in [6, 6.07) is 2.28. The van der Waals surface area contributed by atoms with Crippen molar-refractivity contribution >= 4 is 5.82 Å². The number of aromatic nitrogens is 3. The molecule has 0 atom stereocenters. The van der Waals surface area contributed by atoms with Crippen molar-refractivity contribution in [1.82, 2.24) is 15.0 Å². The highest BCUT2D eigenvalue weighted by Gasteiger charge is 2.34. The molecular formula is C13H11F3N4. The molecule has 1 saturated carbocycles. The fourth-order valence-corrected chi connectivity index (χ4v) is 1.99. The van der Waals surface area contributed by atoms with Gasteiger partial charge in [0.15, 0.2) is 0 Å². The quantitative estimate of drug-likeness (QED) is 0.918. The third kappa shape index (κ3) is 2.43. The molecule has 104 valence electrons. The zero-order valence-electron chi connectivity index (χ0n) is 10.4. The summed E-state index contributed by atoms with van der Waals surface area (Å²) >= 11 is 0. The van der Waals surface area contributed by atoms with Crippen molar-refractivity contribution in [1.29, 1.82) is 0 Å². The molecule has 0 aromatic carbocycles. The van der Waals surface area contributed by atoms with E-state index >= 15 is 0 Å². The third-order valence-electron chi connectivity index (χ3n) is 3.11. The maximum Gasteiger partial charge on any atom is 0.417 e. The highest BCUT2D eigenvalue weighted by molar-refractivity contribution is 5.65. The standard InChI is InChI=1S/C13H11F3N4/c14-13(15,16)9-3-4-18-6-8(9)10-5-11(17)20-12(19-10)7-1-2-7/h3-7H,1-2H2,(H2,17,19,20). The Balaban J connectivity index is 2.13. The van der Waals surface area contributed by atoms with Gasteiger partial charge in [-0.3, -0.25) is 4.98 Å². The highest BCUT2D eigenvalue weighted by Crippen LogP contribution is 2.40. The maximum absolute atomic E-state index is 13.0. The Hall–Kier alpha value is -2.18. The number of pyridine rings is 1. The van der Waals surface area contributed by atoms with Crippen molar-refractivity contribution in [2.24, 2.45) is 0 Å². The van der Waals surface area contributed by atoms with Crippen LogP contribution in [0.5, 0.6) is 0 Å². The van der Waals surface area contributed by atoms with Crippen LogP contribution in [-0.2, 0) is 6.18 Å². The lowest BCUT2D eigenvalue weighted by Gasteiger charge is -2.12. The number of anilines is 1. The first-order valence-corrected chi connectivity index (χ1v) is 6.11. The molecule has 20 heavy (non-hydrogen) atoms. The molecular weight excluding hydrogens is 269 g/mol. The normalized spacial score (nSPS) is 15.3. The largest absolute Gasteiger partial charge is 0.417 e. The summed E-state index contributed by atoms with van der Waals surface area (Å²) in [6.07, 6.45) is -0.304. The lowest BCUT2D eigenvalue weighted by atomic mass is 10.1. The van der Waals surface area contributed by atoms with E-state index in [1.165, 1.54) is 6.07 Å². The number of nitrogen functional groups attached to an aromatic ring is 1. The number of nitrogens with zero attached hydrogens (tertiary/aromatic N) is 3. The van der Waals surface area contributed by atoms with E-state index in [1.54, 1.807) is 0 Å². The molecule has 0 spiro atoms. The van der Waals surface area contributed by atoms with Gasteiger partial charge in [-0.2, -0.15) is 13.2 Å². The Morgan fingerprint density at radius 3 is 2.60 bits per heavy atom. The fourth-order valence-electron chi connectivity index (χ4n) is 1.99. The Morgan fingerprint density at radius 1 is 1.20 bits per heavy atom. The predicted molar refractivity (Wildman–Crippen MR) is 66.7 cm³/mol. The summed E-state index contributed by atoms with van der Waals surface area (Å²) in [5.74, 6) is 0.897. The van der Waals surface area contributed by atoms with Crippen LogP contribution in [0.4, 0.5) is 19.0 Å². The molecule has 0 aliphatic heterocycles. The second kappa shape index (κ2) is 4.43. The van der Waals surface area contributed by atoms with E-state index in [-0.39, 0.29) is 23.0 Å². The average Bonchev–Trinajstić information content (AvgIpc) is 3.21. The molecule has 3 rings (SSSR count). The predicted octanol–water partition coefficient (Wildman–Crippen LogP) is 3.02. The smallest absolute Gasteiger partial charge is 0.384 e. The van der Waals surface area contributed by atoms with Crippen molar-refractivity contribution in [3.05, 3.63) is 35.9 Å². The minimum absolute atomic E-state index is 0.0731. The van der Waals surface area contributed by atoms with Gasteiger partial charge in [-0.25, -0.2) is 9.97 Å². The number of hydrogen-bond acceptors (Lipinski definition) is 4. The zero-order chi connectivity index (χ0) is 14.3. The first kappa shape index (κ1) is 12.8. The fraction of sp³-hybridized carbons (Fsp3) is 0.308. The average molecular weight is 280 g/mol. The lowest BCUT2D eigenvalue weighted by Crippen LogP contribution is -2.09. The van der Waals surface area contributed by atoms with Crippen LogP contribution < -0.4 is 5.73 Å². The molecule has 2 heterocycles. The Bertz CT molecular complexity index is 650. The van der Waals surface area contributed by atoms with E-state index in [9.17, 15) is 13.2 Å². The van der Waals surface area contributed by atoms with Gasteiger partial charge in [0.25, 0.3) is 0 Å². The molecule has 2 N–H and O–H groups in total. The van der Waals surface area contributed by atoms with Gasteiger partial charge >= 0.3 is 6.18 Å². The van der Waals surface area contributed by atoms with Gasteiger partial charge in [0, 0.05) is 29.9 Å². The van der Waals surface area contributed by atoms with E-state index in [4.69, 9.17) is 5.73 Å². The molecule has 1 aliphatic rings. The first-order chi connectivity index (χ1) is 9.45. The van der Waals surface area contributed by atoms with Gasteiger partial charge in [0.1, 0.15) is 11.6 Å². The molecule has 2 aromatic heterocycles. The van der Waals surface area contributed by atoms with Gasteiger partial charge < -0.3 is 5.73 Å². The Kier molecular flexibility index (Phi) is 2.84. The van der Waals surface area contributed by atoms with Crippen molar-refractivity contribution in [3.8, 4) is 11.3 Å². The van der Waals surface area contributed by atoms with Crippen LogP contribution in [0.3, 0.4) is 0 Å². The van der Waals surface area contributed by atoms with Gasteiger partial charge in [0.05, 0.1) is 11.3 Å². The van der Waals surface area contributed by atoms with E-state index in [0.29, 0.717) is 5.82 Å². The number of alkyl halides is 3. The SMILES string of the molecule is Nc1cc(-c2cnccc2C(F)(F)F)nc(C2CC2)n1. The van der Waals surface area contributed by atoms with Crippen LogP contribution in [0.1, 0.15) is 30.1 Å². The topological polar surface area (TPSA) is 64.7 Å². The summed E-state index contributed by atoms with van der Waals surface area (Å²) in [7, 11) is 0. The van der Waals surface area contributed by atoms with Crippen LogP contribution in [0.2, 0.25) is 0 Å². The monoisotopic (exact) mass is 280 g/mol. The number of hydrogen-bond donors (Lipinski definition) is 1. The first-order valence-electron chi connectivity index (χ1n) is 6.11. The minimum Gasteiger partial charge on any atom is -0.384 e. The molecule has 0 amide bonds. The van der Waals surface area contributed by atoms with E-state index < -0.39 is 11.7 Å². The van der Waals surface area contributed by atoms with Crippen LogP contribution >= 0.6 is 0 Å². The number of halogens is 3. The highest BCUT2D eigenvalue weighted by atomic mass is 19.4. The van der Waals surface area contributed by atoms with E-state index in [2.05, 4.69) is 15.0 Å². The summed E-state index contributed by atoms with van der Waals surface area (Å²) in [6.45, 7) is 0. The van der Waals surface area contributed by atoms with Gasteiger partial charge in [0.2, 0.25) is 0 Å². The van der Waals surface area contributed by atoms with Crippen LogP contribution in [0.15, 0.2) is 24.5 Å². The van der Waals surface area contributed by atoms with E-state index in [1.807, 2.05) is 0 Å². The van der Waals surface area contributed by atoms with E-state index in [0.717, 1.165) is 31.3 Å². The summed E-state index contributed by atoms with van der Waals surface area (Å²) < 4.78 is 39.0. The van der Waals surface area contributed by atoms with Crippen molar-refractivity contribution < 1.29 is 13.2 Å². The molecule has 0 saturated heterocycles. The summed E-state index contributed by atoms with van der Waals surface area (Å²) in [4.78, 5) is 12.0. The molecule has 4 nitrogen and oxygen atoms in total. The third-order valence-corrected chi connectivity index (χ3v) is 3.11. The summed E-state index contributed by atoms with van der Waals surface area (Å²) in [5.41, 5.74) is 4.99. The van der Waals surface area contributed by atoms with Gasteiger partial charge in [-0.05, 0) is 18.9 Å². The van der Waals surface area contributed by atoms with Crippen molar-refractivity contribution in [3.63, 3.8) is 0 Å². The number of rotatable bonds is 2. The second-order valence-corrected chi connectivity index (χ2v) is 4.73. The Labute approximate surface area is 112 Å². The minimum atomic E-state index is -4.46. The van der Waals surface area contributed by atoms with Crippen molar-refractivity contribution in [2.75, 3.05) is 5.73 Å². The molecule has 1 fully saturated rings. The molecule has 0 bridgehead atoms. The van der Waals surface area contributed by atoms with Crippen LogP contribution in [-0.4, -0.2) is 15.0 Å². The number of nitrogens with two attached hydrogens (primary N) is 1. The molecule has 0 radical (unpaired) electrons. The molecule has 0 unspecified atom stereocenters. The zero-order valence-corrected chi connectivity index (χ0v) is 10.4. The van der Waals surface area contributed by atoms with Gasteiger partial charge in [-0.15, -0.1) is 0 Å². The maximum atomic E-state index is 13.0. The molecule has 1 aliphatic carbocycles. The molecule has 7 heteroatoms. The van der Waals surface area contributed by atoms with Crippen LogP contribution in [0.25, 0.3) is 11.3 Å². The Morgan fingerprint density at radius 2 is 1.95 bits per heavy atom. The van der Waals surface area contributed by atoms with Gasteiger partial charge in [-0.1, -0.05) is 0 Å². The van der Waals surface area contributed by atoms with Crippen molar-refractivity contribution in [2.45, 2.75) is 24.9 Å². The molecule has 2 aromatic rings. The second-order valence-electron chi connectivity index (χ2n) is 4.73. The lowest BCUT2D eigenvalue weighted by molar-refractivity contribution is -0.137.